The number of nitrogens with zero attached hydrogens (tertiary/aromatic N) is 3. The third kappa shape index (κ3) is 2.72. The maximum atomic E-state index is 8.89. The standard InChI is InChI=1S/C11H16N4O2/c12-11(14-16)10(9-1-3-13-4-2-9)15-5-7-17-8-6-15/h1-4,10,16H,5-8H2,(H2,12,14). The van der Waals surface area contributed by atoms with Gasteiger partial charge in [-0.15, -0.1) is 0 Å². The molecule has 92 valence electrons. The fraction of sp³-hybridized carbons (Fsp3) is 0.455. The van der Waals surface area contributed by atoms with E-state index in [1.165, 1.54) is 0 Å². The quantitative estimate of drug-likeness (QED) is 0.339. The summed E-state index contributed by atoms with van der Waals surface area (Å²) in [7, 11) is 0. The van der Waals surface area contributed by atoms with E-state index in [9.17, 15) is 0 Å². The lowest BCUT2D eigenvalue weighted by Crippen LogP contribution is -2.44. The molecule has 0 saturated carbocycles. The molecule has 0 aliphatic carbocycles. The van der Waals surface area contributed by atoms with Gasteiger partial charge in [0.1, 0.15) is 0 Å². The molecule has 0 spiro atoms. The van der Waals surface area contributed by atoms with Crippen molar-refractivity contribution in [1.82, 2.24) is 9.88 Å². The summed E-state index contributed by atoms with van der Waals surface area (Å²) in [5.41, 5.74) is 6.75. The van der Waals surface area contributed by atoms with Crippen LogP contribution in [-0.4, -0.2) is 47.2 Å². The lowest BCUT2D eigenvalue weighted by molar-refractivity contribution is 0.0279. The number of oxime groups is 1. The zero-order chi connectivity index (χ0) is 12.1. The number of morpholine rings is 1. The largest absolute Gasteiger partial charge is 0.409 e. The summed E-state index contributed by atoms with van der Waals surface area (Å²) in [6, 6.07) is 3.53. The van der Waals surface area contributed by atoms with E-state index >= 15 is 0 Å². The molecule has 3 N–H and O–H groups in total. The molecule has 1 fully saturated rings. The van der Waals surface area contributed by atoms with Crippen LogP contribution in [0.15, 0.2) is 29.7 Å². The molecule has 0 aromatic carbocycles. The normalized spacial score (nSPS) is 20.1. The average Bonchev–Trinajstić information content (AvgIpc) is 2.41. The predicted octanol–water partition coefficient (Wildman–Crippen LogP) is 0.201. The number of pyridine rings is 1. The minimum atomic E-state index is -0.216. The first-order valence-electron chi connectivity index (χ1n) is 5.52. The molecular weight excluding hydrogens is 220 g/mol. The van der Waals surface area contributed by atoms with Gasteiger partial charge in [-0.3, -0.25) is 9.88 Å². The smallest absolute Gasteiger partial charge is 0.161 e. The van der Waals surface area contributed by atoms with Crippen molar-refractivity contribution in [3.05, 3.63) is 30.1 Å². The summed E-state index contributed by atoms with van der Waals surface area (Å²) in [5, 5.41) is 12.0. The van der Waals surface area contributed by atoms with Crippen LogP contribution in [0.3, 0.4) is 0 Å². The van der Waals surface area contributed by atoms with Crippen molar-refractivity contribution in [2.45, 2.75) is 6.04 Å². The molecule has 2 heterocycles. The van der Waals surface area contributed by atoms with Gasteiger partial charge in [0, 0.05) is 25.5 Å². The van der Waals surface area contributed by atoms with Crippen molar-refractivity contribution in [3.8, 4) is 0 Å². The summed E-state index contributed by atoms with van der Waals surface area (Å²) in [6.07, 6.45) is 3.40. The first kappa shape index (κ1) is 11.8. The van der Waals surface area contributed by atoms with E-state index in [1.54, 1.807) is 12.4 Å². The molecule has 1 aromatic rings. The van der Waals surface area contributed by atoms with Crippen LogP contribution in [0, 0.1) is 0 Å². The van der Waals surface area contributed by atoms with Crippen molar-refractivity contribution in [1.29, 1.82) is 0 Å². The molecule has 1 unspecified atom stereocenters. The molecule has 1 atom stereocenters. The Morgan fingerprint density at radius 2 is 2.06 bits per heavy atom. The van der Waals surface area contributed by atoms with Crippen LogP contribution >= 0.6 is 0 Å². The summed E-state index contributed by atoms with van der Waals surface area (Å²) >= 11 is 0. The zero-order valence-electron chi connectivity index (χ0n) is 9.49. The summed E-state index contributed by atoms with van der Waals surface area (Å²) in [5.74, 6) is 0.193. The van der Waals surface area contributed by atoms with Gasteiger partial charge in [-0.1, -0.05) is 5.16 Å². The zero-order valence-corrected chi connectivity index (χ0v) is 9.49. The third-order valence-electron chi connectivity index (χ3n) is 2.83. The Hall–Kier alpha value is -1.66. The average molecular weight is 236 g/mol. The Bertz CT molecular complexity index is 376. The highest BCUT2D eigenvalue weighted by molar-refractivity contribution is 5.86. The van der Waals surface area contributed by atoms with Gasteiger partial charge in [0.15, 0.2) is 5.84 Å². The Labute approximate surface area is 99.7 Å². The minimum absolute atomic E-state index is 0.193. The fourth-order valence-corrected chi connectivity index (χ4v) is 2.00. The van der Waals surface area contributed by atoms with Gasteiger partial charge >= 0.3 is 0 Å². The first-order valence-corrected chi connectivity index (χ1v) is 5.52. The van der Waals surface area contributed by atoms with Gasteiger partial charge in [-0.05, 0) is 17.7 Å². The van der Waals surface area contributed by atoms with E-state index in [2.05, 4.69) is 15.0 Å². The number of ether oxygens (including phenoxy) is 1. The summed E-state index contributed by atoms with van der Waals surface area (Å²) < 4.78 is 5.30. The molecule has 17 heavy (non-hydrogen) atoms. The van der Waals surface area contributed by atoms with E-state index in [-0.39, 0.29) is 11.9 Å². The predicted molar refractivity (Wildman–Crippen MR) is 62.8 cm³/mol. The molecule has 2 rings (SSSR count). The molecule has 1 saturated heterocycles. The van der Waals surface area contributed by atoms with Crippen molar-refractivity contribution < 1.29 is 9.94 Å². The molecule has 6 heteroatoms. The number of rotatable bonds is 3. The van der Waals surface area contributed by atoms with E-state index in [4.69, 9.17) is 15.7 Å². The number of hydrogen-bond acceptors (Lipinski definition) is 5. The first-order chi connectivity index (χ1) is 8.33. The highest BCUT2D eigenvalue weighted by Crippen LogP contribution is 2.21. The molecule has 0 bridgehead atoms. The Kier molecular flexibility index (Phi) is 3.89. The second-order valence-corrected chi connectivity index (χ2v) is 3.86. The van der Waals surface area contributed by atoms with Gasteiger partial charge in [0.05, 0.1) is 19.3 Å². The fourth-order valence-electron chi connectivity index (χ4n) is 2.00. The summed E-state index contributed by atoms with van der Waals surface area (Å²) in [6.45, 7) is 2.87. The number of aromatic nitrogens is 1. The van der Waals surface area contributed by atoms with Crippen molar-refractivity contribution in [3.63, 3.8) is 0 Å². The van der Waals surface area contributed by atoms with Gasteiger partial charge < -0.3 is 15.7 Å². The second-order valence-electron chi connectivity index (χ2n) is 3.86. The molecule has 1 aliphatic rings. The Balaban J connectivity index is 2.25. The Morgan fingerprint density at radius 3 is 2.65 bits per heavy atom. The van der Waals surface area contributed by atoms with Gasteiger partial charge in [-0.2, -0.15) is 0 Å². The topological polar surface area (TPSA) is 84.0 Å². The monoisotopic (exact) mass is 236 g/mol. The third-order valence-corrected chi connectivity index (χ3v) is 2.83. The molecular formula is C11H16N4O2. The lowest BCUT2D eigenvalue weighted by Gasteiger charge is -2.33. The van der Waals surface area contributed by atoms with Gasteiger partial charge in [0.2, 0.25) is 0 Å². The molecule has 6 nitrogen and oxygen atoms in total. The molecule has 0 amide bonds. The SMILES string of the molecule is N/C(=N\O)C(c1ccncc1)N1CCOCC1. The van der Waals surface area contributed by atoms with E-state index in [1.807, 2.05) is 12.1 Å². The maximum absolute atomic E-state index is 8.89. The second kappa shape index (κ2) is 5.60. The van der Waals surface area contributed by atoms with Crippen LogP contribution in [0.4, 0.5) is 0 Å². The van der Waals surface area contributed by atoms with Crippen molar-refractivity contribution in [2.24, 2.45) is 10.9 Å². The molecule has 0 radical (unpaired) electrons. The number of hydrogen-bond donors (Lipinski definition) is 2. The molecule has 1 aromatic heterocycles. The van der Waals surface area contributed by atoms with E-state index in [0.29, 0.717) is 13.2 Å². The molecule has 1 aliphatic heterocycles. The lowest BCUT2D eigenvalue weighted by atomic mass is 10.1. The van der Waals surface area contributed by atoms with E-state index < -0.39 is 0 Å². The Morgan fingerprint density at radius 1 is 1.41 bits per heavy atom. The highest BCUT2D eigenvalue weighted by atomic mass is 16.5. The van der Waals surface area contributed by atoms with Crippen LogP contribution in [0.2, 0.25) is 0 Å². The van der Waals surface area contributed by atoms with Crippen LogP contribution in [-0.2, 0) is 4.74 Å². The number of nitrogens with two attached hydrogens (primary N) is 1. The maximum Gasteiger partial charge on any atom is 0.161 e. The van der Waals surface area contributed by atoms with Crippen molar-refractivity contribution >= 4 is 5.84 Å². The van der Waals surface area contributed by atoms with Crippen LogP contribution in [0.25, 0.3) is 0 Å². The highest BCUT2D eigenvalue weighted by Gasteiger charge is 2.26. The van der Waals surface area contributed by atoms with Gasteiger partial charge in [-0.25, -0.2) is 0 Å². The van der Waals surface area contributed by atoms with Crippen LogP contribution < -0.4 is 5.73 Å². The minimum Gasteiger partial charge on any atom is -0.409 e. The van der Waals surface area contributed by atoms with E-state index in [0.717, 1.165) is 18.7 Å². The van der Waals surface area contributed by atoms with Crippen molar-refractivity contribution in [2.75, 3.05) is 26.3 Å². The number of amidine groups is 1. The van der Waals surface area contributed by atoms with Crippen LogP contribution in [0.5, 0.6) is 0 Å². The summed E-state index contributed by atoms with van der Waals surface area (Å²) in [4.78, 5) is 6.10. The van der Waals surface area contributed by atoms with Crippen LogP contribution in [0.1, 0.15) is 11.6 Å². The van der Waals surface area contributed by atoms with Gasteiger partial charge in [0.25, 0.3) is 0 Å².